The summed E-state index contributed by atoms with van der Waals surface area (Å²) in [5.41, 5.74) is 0. The third-order valence-corrected chi connectivity index (χ3v) is 7.64. The number of rotatable bonds is 4. The Labute approximate surface area is 163 Å². The highest BCUT2D eigenvalue weighted by molar-refractivity contribution is 7.89. The molecule has 0 spiro atoms. The van der Waals surface area contributed by atoms with Gasteiger partial charge in [0.25, 0.3) is 0 Å². The zero-order chi connectivity index (χ0) is 19.3. The summed E-state index contributed by atoms with van der Waals surface area (Å²) in [6.07, 6.45) is 6.09. The number of nitrogens with zero attached hydrogens (tertiary/aromatic N) is 3. The predicted molar refractivity (Wildman–Crippen MR) is 106 cm³/mol. The molecule has 0 N–H and O–H groups in total. The Hall–Kier alpha value is -1.44. The zero-order valence-corrected chi connectivity index (χ0v) is 17.0. The van der Waals surface area contributed by atoms with E-state index in [0.717, 1.165) is 25.9 Å². The van der Waals surface area contributed by atoms with Crippen LogP contribution in [0.5, 0.6) is 0 Å². The third kappa shape index (κ3) is 4.89. The highest BCUT2D eigenvalue weighted by Gasteiger charge is 2.32. The Morgan fingerprint density at radius 2 is 1.41 bits per heavy atom. The fraction of sp³-hybridized carbons (Fsp3) is 0.650. The van der Waals surface area contributed by atoms with Gasteiger partial charge in [-0.05, 0) is 45.0 Å². The van der Waals surface area contributed by atoms with E-state index in [9.17, 15) is 13.2 Å². The lowest BCUT2D eigenvalue weighted by atomic mass is 10.1. The molecule has 0 bridgehead atoms. The van der Waals surface area contributed by atoms with E-state index >= 15 is 0 Å². The zero-order valence-electron chi connectivity index (χ0n) is 16.2. The molecule has 0 aliphatic carbocycles. The lowest BCUT2D eigenvalue weighted by Crippen LogP contribution is -2.55. The van der Waals surface area contributed by atoms with Crippen molar-refractivity contribution in [2.45, 2.75) is 50.0 Å². The van der Waals surface area contributed by atoms with Crippen molar-refractivity contribution in [3.63, 3.8) is 0 Å². The van der Waals surface area contributed by atoms with E-state index < -0.39 is 10.0 Å². The summed E-state index contributed by atoms with van der Waals surface area (Å²) in [6, 6.07) is 8.39. The normalized spacial score (nSPS) is 22.0. The van der Waals surface area contributed by atoms with E-state index in [4.69, 9.17) is 0 Å². The molecule has 6 nitrogen and oxygen atoms in total. The van der Waals surface area contributed by atoms with Crippen LogP contribution < -0.4 is 0 Å². The van der Waals surface area contributed by atoms with Crippen LogP contribution in [0.4, 0.5) is 0 Å². The summed E-state index contributed by atoms with van der Waals surface area (Å²) < 4.78 is 27.0. The van der Waals surface area contributed by atoms with Crippen molar-refractivity contribution < 1.29 is 13.2 Å². The van der Waals surface area contributed by atoms with Gasteiger partial charge in [0.15, 0.2) is 0 Å². The predicted octanol–water partition coefficient (Wildman–Crippen LogP) is 2.17. The number of benzene rings is 1. The fourth-order valence-electron chi connectivity index (χ4n) is 3.97. The Kier molecular flexibility index (Phi) is 6.89. The summed E-state index contributed by atoms with van der Waals surface area (Å²) in [5, 5.41) is 0. The van der Waals surface area contributed by atoms with Gasteiger partial charge >= 0.3 is 0 Å². The van der Waals surface area contributed by atoms with Crippen LogP contribution in [0.2, 0.25) is 0 Å². The van der Waals surface area contributed by atoms with Gasteiger partial charge < -0.3 is 4.90 Å². The number of likely N-dealkylation sites (tertiary alicyclic amines) is 1. The number of carbonyl (C=O) groups is 1. The quantitative estimate of drug-likeness (QED) is 0.787. The number of hydrogen-bond acceptors (Lipinski definition) is 4. The largest absolute Gasteiger partial charge is 0.339 e. The first-order chi connectivity index (χ1) is 13.0. The minimum atomic E-state index is -3.48. The molecule has 150 valence electrons. The molecule has 0 saturated carbocycles. The van der Waals surface area contributed by atoms with Crippen LogP contribution in [0.15, 0.2) is 35.2 Å². The van der Waals surface area contributed by atoms with Crippen molar-refractivity contribution in [2.24, 2.45) is 0 Å². The van der Waals surface area contributed by atoms with Crippen molar-refractivity contribution in [3.05, 3.63) is 30.3 Å². The molecule has 2 aliphatic rings. The summed E-state index contributed by atoms with van der Waals surface area (Å²) in [4.78, 5) is 17.4. The minimum Gasteiger partial charge on any atom is -0.339 e. The number of hydrogen-bond donors (Lipinski definition) is 0. The molecule has 2 aliphatic heterocycles. The molecule has 2 saturated heterocycles. The molecule has 3 rings (SSSR count). The van der Waals surface area contributed by atoms with Gasteiger partial charge in [0.05, 0.1) is 10.9 Å². The molecule has 27 heavy (non-hydrogen) atoms. The first-order valence-corrected chi connectivity index (χ1v) is 11.5. The first kappa shape index (κ1) is 20.3. The SMILES string of the molecule is C[C@@H](C(=O)N1CCN(S(=O)(=O)c2ccccc2)CC1)N1CCCCCCC1. The van der Waals surface area contributed by atoms with Gasteiger partial charge in [-0.25, -0.2) is 8.42 Å². The molecular formula is C20H31N3O3S. The summed E-state index contributed by atoms with van der Waals surface area (Å²) in [7, 11) is -3.48. The summed E-state index contributed by atoms with van der Waals surface area (Å²) >= 11 is 0. The Morgan fingerprint density at radius 3 is 2.00 bits per heavy atom. The second kappa shape index (κ2) is 9.17. The molecule has 1 aromatic rings. The van der Waals surface area contributed by atoms with E-state index in [1.807, 2.05) is 17.9 Å². The average Bonchev–Trinajstić information content (AvgIpc) is 2.67. The van der Waals surface area contributed by atoms with Gasteiger partial charge in [-0.3, -0.25) is 9.69 Å². The van der Waals surface area contributed by atoms with Crippen molar-refractivity contribution in [1.29, 1.82) is 0 Å². The molecule has 1 aromatic carbocycles. The monoisotopic (exact) mass is 393 g/mol. The van der Waals surface area contributed by atoms with Gasteiger partial charge in [0.2, 0.25) is 15.9 Å². The molecular weight excluding hydrogens is 362 g/mol. The molecule has 7 heteroatoms. The Morgan fingerprint density at radius 1 is 0.852 bits per heavy atom. The van der Waals surface area contributed by atoms with E-state index in [1.165, 1.54) is 23.6 Å². The van der Waals surface area contributed by atoms with E-state index in [2.05, 4.69) is 4.90 Å². The van der Waals surface area contributed by atoms with Crippen LogP contribution in [0.3, 0.4) is 0 Å². The fourth-order valence-corrected chi connectivity index (χ4v) is 5.41. The lowest BCUT2D eigenvalue weighted by molar-refractivity contribution is -0.137. The van der Waals surface area contributed by atoms with Crippen LogP contribution in [-0.2, 0) is 14.8 Å². The minimum absolute atomic E-state index is 0.125. The van der Waals surface area contributed by atoms with E-state index in [-0.39, 0.29) is 11.9 Å². The van der Waals surface area contributed by atoms with E-state index in [1.54, 1.807) is 24.3 Å². The number of sulfonamides is 1. The van der Waals surface area contributed by atoms with Crippen LogP contribution >= 0.6 is 0 Å². The average molecular weight is 394 g/mol. The lowest BCUT2D eigenvalue weighted by Gasteiger charge is -2.38. The number of amides is 1. The van der Waals surface area contributed by atoms with Crippen LogP contribution in [0.25, 0.3) is 0 Å². The van der Waals surface area contributed by atoms with Gasteiger partial charge in [-0.1, -0.05) is 37.5 Å². The molecule has 0 radical (unpaired) electrons. The van der Waals surface area contributed by atoms with Crippen LogP contribution in [0.1, 0.15) is 39.0 Å². The van der Waals surface area contributed by atoms with Crippen molar-refractivity contribution in [3.8, 4) is 0 Å². The van der Waals surface area contributed by atoms with Crippen molar-refractivity contribution in [1.82, 2.24) is 14.1 Å². The maximum absolute atomic E-state index is 12.9. The van der Waals surface area contributed by atoms with Gasteiger partial charge in [0, 0.05) is 26.2 Å². The Balaban J connectivity index is 1.57. The van der Waals surface area contributed by atoms with E-state index in [0.29, 0.717) is 31.1 Å². The first-order valence-electron chi connectivity index (χ1n) is 10.1. The second-order valence-electron chi connectivity index (χ2n) is 7.52. The van der Waals surface area contributed by atoms with Crippen molar-refractivity contribution in [2.75, 3.05) is 39.3 Å². The number of carbonyl (C=O) groups excluding carboxylic acids is 1. The Bertz CT molecular complexity index is 707. The highest BCUT2D eigenvalue weighted by atomic mass is 32.2. The van der Waals surface area contributed by atoms with Crippen LogP contribution in [0, 0.1) is 0 Å². The molecule has 0 aromatic heterocycles. The maximum Gasteiger partial charge on any atom is 0.243 e. The smallest absolute Gasteiger partial charge is 0.243 e. The summed E-state index contributed by atoms with van der Waals surface area (Å²) in [6.45, 7) is 5.60. The topological polar surface area (TPSA) is 60.9 Å². The molecule has 1 atom stereocenters. The molecule has 2 heterocycles. The van der Waals surface area contributed by atoms with Crippen LogP contribution in [-0.4, -0.2) is 73.7 Å². The molecule has 0 unspecified atom stereocenters. The van der Waals surface area contributed by atoms with Gasteiger partial charge in [-0.15, -0.1) is 0 Å². The molecule has 2 fully saturated rings. The second-order valence-corrected chi connectivity index (χ2v) is 9.46. The van der Waals surface area contributed by atoms with Gasteiger partial charge in [0.1, 0.15) is 0 Å². The van der Waals surface area contributed by atoms with Crippen molar-refractivity contribution >= 4 is 15.9 Å². The summed E-state index contributed by atoms with van der Waals surface area (Å²) in [5.74, 6) is 0.132. The maximum atomic E-state index is 12.9. The highest BCUT2D eigenvalue weighted by Crippen LogP contribution is 2.19. The van der Waals surface area contributed by atoms with Gasteiger partial charge in [-0.2, -0.15) is 4.31 Å². The molecule has 1 amide bonds. The standard InChI is InChI=1S/C20H31N3O3S/c1-18(21-12-8-3-2-4-9-13-21)20(24)22-14-16-23(17-15-22)27(25,26)19-10-6-5-7-11-19/h5-7,10-11,18H,2-4,8-9,12-17H2,1H3/t18-/m0/s1. The number of piperazine rings is 1. The third-order valence-electron chi connectivity index (χ3n) is 5.73.